The molecule has 1 unspecified atom stereocenters. The normalized spacial score (nSPS) is 10.6. The van der Waals surface area contributed by atoms with Crippen LogP contribution in [0.4, 0.5) is 0 Å². The van der Waals surface area contributed by atoms with E-state index >= 15 is 0 Å². The molecule has 1 aromatic carbocycles. The molecule has 0 heterocycles. The largest absolute Gasteiger partial charge is 0.750 e. The van der Waals surface area contributed by atoms with Crippen LogP contribution in [0.5, 0.6) is 5.75 Å². The fourth-order valence-electron chi connectivity index (χ4n) is 1.12. The van der Waals surface area contributed by atoms with Crippen LogP contribution in [0.15, 0.2) is 24.3 Å². The highest BCUT2D eigenvalue weighted by Crippen LogP contribution is 2.30. The van der Waals surface area contributed by atoms with Crippen molar-refractivity contribution in [1.29, 1.82) is 0 Å². The zero-order chi connectivity index (χ0) is 11.8. The molecule has 0 bridgehead atoms. The fraction of sp³-hybridized carbons (Fsp3) is 0.333. The topological polar surface area (TPSA) is 35.5 Å². The van der Waals surface area contributed by atoms with Crippen LogP contribution in [0.1, 0.15) is 18.9 Å². The van der Waals surface area contributed by atoms with Crippen LogP contribution in [0, 0.1) is 12.3 Å². The van der Waals surface area contributed by atoms with Gasteiger partial charge in [0.25, 0.3) is 0 Å². The summed E-state index contributed by atoms with van der Waals surface area (Å²) in [6.45, 7) is 2.36. The molecule has 16 heavy (non-hydrogen) atoms. The number of hydrogen-bond donors (Lipinski definition) is 0. The molecular formula is C12H14O3P+. The molecule has 0 N–H and O–H groups in total. The third-order valence-electron chi connectivity index (χ3n) is 1.84. The highest BCUT2D eigenvalue weighted by atomic mass is 31.1. The molecule has 3 nitrogen and oxygen atoms in total. The number of hydrogen-bond acceptors (Lipinski definition) is 3. The molecule has 0 saturated carbocycles. The summed E-state index contributed by atoms with van der Waals surface area (Å²) in [6, 6.07) is 7.24. The second kappa shape index (κ2) is 7.00. The average Bonchev–Trinajstić information content (AvgIpc) is 2.29. The van der Waals surface area contributed by atoms with Gasteiger partial charge in [-0.1, -0.05) is 25.1 Å². The van der Waals surface area contributed by atoms with E-state index in [1.54, 1.807) is 12.1 Å². The standard InChI is InChI=1S/C12H14O3P/c1-3-7-11-8-5-6-9-12(11)15-16(13)14-10-4-2/h1,5-6,8-9H,4,7,10H2,2H3/q+1. The smallest absolute Gasteiger partial charge is 0.229 e. The Morgan fingerprint density at radius 3 is 2.88 bits per heavy atom. The minimum Gasteiger partial charge on any atom is -0.229 e. The quantitative estimate of drug-likeness (QED) is 0.562. The van der Waals surface area contributed by atoms with Gasteiger partial charge in [0, 0.05) is 16.5 Å². The first kappa shape index (κ1) is 12.7. The first-order chi connectivity index (χ1) is 7.77. The van der Waals surface area contributed by atoms with Gasteiger partial charge < -0.3 is 0 Å². The molecular weight excluding hydrogens is 223 g/mol. The van der Waals surface area contributed by atoms with Crippen LogP contribution in [0.3, 0.4) is 0 Å². The first-order valence-corrected chi connectivity index (χ1v) is 6.17. The Hall–Kier alpha value is -1.36. The van der Waals surface area contributed by atoms with E-state index in [4.69, 9.17) is 15.5 Å². The molecule has 0 fully saturated rings. The SMILES string of the molecule is C#CCc1ccccc1O[P+](=O)OCCC. The van der Waals surface area contributed by atoms with E-state index in [-0.39, 0.29) is 0 Å². The van der Waals surface area contributed by atoms with Gasteiger partial charge in [-0.2, -0.15) is 0 Å². The molecule has 0 spiro atoms. The predicted octanol–water partition coefficient (Wildman–Crippen LogP) is 3.33. The molecule has 0 aliphatic rings. The lowest BCUT2D eigenvalue weighted by molar-refractivity contribution is 0.286. The third kappa shape index (κ3) is 4.02. The molecule has 0 aliphatic heterocycles. The summed E-state index contributed by atoms with van der Waals surface area (Å²) in [4.78, 5) is 0. The summed E-state index contributed by atoms with van der Waals surface area (Å²) in [6.07, 6.45) is 6.48. The van der Waals surface area contributed by atoms with Crippen molar-refractivity contribution in [3.63, 3.8) is 0 Å². The molecule has 4 heteroatoms. The van der Waals surface area contributed by atoms with Gasteiger partial charge in [0.05, 0.1) is 0 Å². The monoisotopic (exact) mass is 237 g/mol. The lowest BCUT2D eigenvalue weighted by Crippen LogP contribution is -1.92. The molecule has 1 atom stereocenters. The maximum atomic E-state index is 11.4. The van der Waals surface area contributed by atoms with Gasteiger partial charge in [0.2, 0.25) is 0 Å². The number of terminal acetylenes is 1. The van der Waals surface area contributed by atoms with Crippen LogP contribution in [-0.4, -0.2) is 6.61 Å². The van der Waals surface area contributed by atoms with Gasteiger partial charge >= 0.3 is 8.25 Å². The molecule has 0 aliphatic carbocycles. The Labute approximate surface area is 96.7 Å². The van der Waals surface area contributed by atoms with Crippen molar-refractivity contribution >= 4 is 8.25 Å². The number of benzene rings is 1. The second-order valence-corrected chi connectivity index (χ2v) is 4.02. The summed E-state index contributed by atoms with van der Waals surface area (Å²) in [5.41, 5.74) is 0.841. The van der Waals surface area contributed by atoms with Gasteiger partial charge in [-0.05, 0) is 12.5 Å². The fourth-order valence-corrected chi connectivity index (χ4v) is 1.84. The van der Waals surface area contributed by atoms with Crippen molar-refractivity contribution in [1.82, 2.24) is 0 Å². The van der Waals surface area contributed by atoms with E-state index in [9.17, 15) is 4.57 Å². The minimum absolute atomic E-state index is 0.423. The molecule has 0 amide bonds. The molecule has 1 rings (SSSR count). The van der Waals surface area contributed by atoms with Crippen LogP contribution < -0.4 is 4.52 Å². The van der Waals surface area contributed by atoms with Crippen molar-refractivity contribution in [3.05, 3.63) is 29.8 Å². The number of rotatable bonds is 6. The Kier molecular flexibility index (Phi) is 5.56. The number of para-hydroxylation sites is 1. The Bertz CT molecular complexity index is 395. The summed E-state index contributed by atoms with van der Waals surface area (Å²) in [7, 11) is -2.11. The van der Waals surface area contributed by atoms with Crippen molar-refractivity contribution in [2.75, 3.05) is 6.61 Å². The van der Waals surface area contributed by atoms with Crippen LogP contribution >= 0.6 is 8.25 Å². The average molecular weight is 237 g/mol. The molecule has 0 aromatic heterocycles. The maximum Gasteiger partial charge on any atom is 0.750 e. The van der Waals surface area contributed by atoms with Gasteiger partial charge in [-0.15, -0.1) is 16.9 Å². The zero-order valence-corrected chi connectivity index (χ0v) is 10.1. The lowest BCUT2D eigenvalue weighted by atomic mass is 10.1. The van der Waals surface area contributed by atoms with Crippen molar-refractivity contribution < 1.29 is 13.6 Å². The van der Waals surface area contributed by atoms with E-state index < -0.39 is 8.25 Å². The van der Waals surface area contributed by atoms with Gasteiger partial charge in [0.15, 0.2) is 5.75 Å². The minimum atomic E-state index is -2.11. The summed E-state index contributed by atoms with van der Waals surface area (Å²) in [5.74, 6) is 3.05. The Balaban J connectivity index is 2.65. The molecule has 0 radical (unpaired) electrons. The second-order valence-electron chi connectivity index (χ2n) is 3.14. The van der Waals surface area contributed by atoms with E-state index in [1.807, 2.05) is 19.1 Å². The maximum absolute atomic E-state index is 11.4. The van der Waals surface area contributed by atoms with Crippen LogP contribution in [0.25, 0.3) is 0 Å². The van der Waals surface area contributed by atoms with E-state index in [0.29, 0.717) is 18.8 Å². The first-order valence-electron chi connectivity index (χ1n) is 5.07. The summed E-state index contributed by atoms with van der Waals surface area (Å²) >= 11 is 0. The van der Waals surface area contributed by atoms with Gasteiger partial charge in [-0.3, -0.25) is 0 Å². The third-order valence-corrected chi connectivity index (χ3v) is 2.58. The Morgan fingerprint density at radius 1 is 1.44 bits per heavy atom. The molecule has 0 saturated heterocycles. The van der Waals surface area contributed by atoms with Gasteiger partial charge in [0.1, 0.15) is 6.61 Å². The predicted molar refractivity (Wildman–Crippen MR) is 63.5 cm³/mol. The highest BCUT2D eigenvalue weighted by molar-refractivity contribution is 7.33. The highest BCUT2D eigenvalue weighted by Gasteiger charge is 2.22. The van der Waals surface area contributed by atoms with E-state index in [2.05, 4.69) is 5.92 Å². The summed E-state index contributed by atoms with van der Waals surface area (Å²) in [5, 5.41) is 0. The van der Waals surface area contributed by atoms with Gasteiger partial charge in [-0.25, -0.2) is 4.52 Å². The van der Waals surface area contributed by atoms with E-state index in [1.165, 1.54) is 0 Å². The van der Waals surface area contributed by atoms with E-state index in [0.717, 1.165) is 12.0 Å². The van der Waals surface area contributed by atoms with Crippen molar-refractivity contribution in [2.45, 2.75) is 19.8 Å². The summed E-state index contributed by atoms with van der Waals surface area (Å²) < 4.78 is 21.5. The Morgan fingerprint density at radius 2 is 2.19 bits per heavy atom. The molecule has 84 valence electrons. The lowest BCUT2D eigenvalue weighted by Gasteiger charge is -1.99. The van der Waals surface area contributed by atoms with Crippen molar-refractivity contribution in [3.8, 4) is 18.1 Å². The van der Waals surface area contributed by atoms with Crippen LogP contribution in [0.2, 0.25) is 0 Å². The molecule has 1 aromatic rings. The van der Waals surface area contributed by atoms with Crippen molar-refractivity contribution in [2.24, 2.45) is 0 Å². The zero-order valence-electron chi connectivity index (χ0n) is 9.18. The van der Waals surface area contributed by atoms with Crippen LogP contribution in [-0.2, 0) is 15.5 Å².